The van der Waals surface area contributed by atoms with E-state index in [9.17, 15) is 0 Å². The molecule has 1 atom stereocenters. The largest absolute Gasteiger partial charge is 0.381 e. The van der Waals surface area contributed by atoms with E-state index in [4.69, 9.17) is 4.74 Å². The van der Waals surface area contributed by atoms with Crippen molar-refractivity contribution in [2.45, 2.75) is 25.7 Å². The van der Waals surface area contributed by atoms with Gasteiger partial charge in [-0.3, -0.25) is 4.90 Å². The average Bonchev–Trinajstić information content (AvgIpc) is 3.03. The van der Waals surface area contributed by atoms with E-state index >= 15 is 0 Å². The second-order valence-electron chi connectivity index (χ2n) is 7.56. The Morgan fingerprint density at radius 3 is 2.36 bits per heavy atom. The molecule has 3 nitrogen and oxygen atoms in total. The number of rotatable bonds is 5. The quantitative estimate of drug-likeness (QED) is 0.831. The Balaban J connectivity index is 1.47. The van der Waals surface area contributed by atoms with Crippen LogP contribution in [-0.4, -0.2) is 62.3 Å². The lowest BCUT2D eigenvalue weighted by molar-refractivity contribution is 0.0983. The predicted molar refractivity (Wildman–Crippen MR) is 91.3 cm³/mol. The molecule has 1 aromatic rings. The summed E-state index contributed by atoms with van der Waals surface area (Å²) < 4.78 is 5.50. The summed E-state index contributed by atoms with van der Waals surface area (Å²) in [5, 5.41) is 0. The molecule has 3 heteroatoms. The van der Waals surface area contributed by atoms with Crippen molar-refractivity contribution in [3.8, 4) is 0 Å². The molecule has 0 aliphatic carbocycles. The van der Waals surface area contributed by atoms with Gasteiger partial charge >= 0.3 is 0 Å². The van der Waals surface area contributed by atoms with Crippen LogP contribution < -0.4 is 0 Å². The van der Waals surface area contributed by atoms with Crippen molar-refractivity contribution >= 4 is 0 Å². The standard InChI is InChI=1S/C19H30N2O/c1-19(2,18-6-4-3-5-7-18)16-21-11-9-20(10-12-21)14-17-8-13-22-15-17/h3-7,17H,8-16H2,1-2H3. The first-order valence-electron chi connectivity index (χ1n) is 8.71. The van der Waals surface area contributed by atoms with Crippen LogP contribution in [0.2, 0.25) is 0 Å². The number of benzene rings is 1. The summed E-state index contributed by atoms with van der Waals surface area (Å²) in [7, 11) is 0. The zero-order chi connectivity index (χ0) is 15.4. The van der Waals surface area contributed by atoms with E-state index < -0.39 is 0 Å². The molecule has 2 aliphatic rings. The number of piperazine rings is 1. The fourth-order valence-electron chi connectivity index (χ4n) is 3.76. The molecule has 22 heavy (non-hydrogen) atoms. The number of nitrogens with zero attached hydrogens (tertiary/aromatic N) is 2. The first-order valence-corrected chi connectivity index (χ1v) is 8.71. The first-order chi connectivity index (χ1) is 10.6. The first kappa shape index (κ1) is 16.0. The van der Waals surface area contributed by atoms with Crippen molar-refractivity contribution in [3.05, 3.63) is 35.9 Å². The molecule has 0 N–H and O–H groups in total. The summed E-state index contributed by atoms with van der Waals surface area (Å²) in [6.45, 7) is 13.9. The number of hydrogen-bond acceptors (Lipinski definition) is 3. The third-order valence-corrected chi connectivity index (χ3v) is 5.18. The van der Waals surface area contributed by atoms with Gasteiger partial charge in [-0.1, -0.05) is 44.2 Å². The smallest absolute Gasteiger partial charge is 0.0507 e. The van der Waals surface area contributed by atoms with Crippen LogP contribution in [0.4, 0.5) is 0 Å². The average molecular weight is 302 g/mol. The monoisotopic (exact) mass is 302 g/mol. The van der Waals surface area contributed by atoms with Crippen LogP contribution in [0.1, 0.15) is 25.8 Å². The van der Waals surface area contributed by atoms with Gasteiger partial charge in [-0.05, 0) is 17.9 Å². The lowest BCUT2D eigenvalue weighted by atomic mass is 9.84. The Morgan fingerprint density at radius 2 is 1.73 bits per heavy atom. The second-order valence-corrected chi connectivity index (χ2v) is 7.56. The molecule has 3 rings (SSSR count). The van der Waals surface area contributed by atoms with Gasteiger partial charge in [-0.25, -0.2) is 0 Å². The Kier molecular flexibility index (Phi) is 5.17. The number of ether oxygens (including phenoxy) is 1. The number of hydrogen-bond donors (Lipinski definition) is 0. The molecule has 0 radical (unpaired) electrons. The highest BCUT2D eigenvalue weighted by Crippen LogP contribution is 2.25. The van der Waals surface area contributed by atoms with Gasteiger partial charge in [0, 0.05) is 51.3 Å². The van der Waals surface area contributed by atoms with Crippen molar-refractivity contribution < 1.29 is 4.74 Å². The topological polar surface area (TPSA) is 15.7 Å². The molecule has 2 fully saturated rings. The van der Waals surface area contributed by atoms with Gasteiger partial charge in [0.2, 0.25) is 0 Å². The van der Waals surface area contributed by atoms with E-state index in [1.807, 2.05) is 0 Å². The highest BCUT2D eigenvalue weighted by Gasteiger charge is 2.27. The lowest BCUT2D eigenvalue weighted by Crippen LogP contribution is -2.50. The van der Waals surface area contributed by atoms with E-state index in [1.165, 1.54) is 44.7 Å². The van der Waals surface area contributed by atoms with Gasteiger partial charge in [0.1, 0.15) is 0 Å². The van der Waals surface area contributed by atoms with Crippen LogP contribution in [0.5, 0.6) is 0 Å². The van der Waals surface area contributed by atoms with Crippen LogP contribution in [-0.2, 0) is 10.2 Å². The van der Waals surface area contributed by atoms with Crippen molar-refractivity contribution in [1.29, 1.82) is 0 Å². The molecular weight excluding hydrogens is 272 g/mol. The van der Waals surface area contributed by atoms with Gasteiger partial charge < -0.3 is 9.64 Å². The van der Waals surface area contributed by atoms with Crippen LogP contribution in [0, 0.1) is 5.92 Å². The molecule has 0 saturated carbocycles. The minimum atomic E-state index is 0.225. The summed E-state index contributed by atoms with van der Waals surface area (Å²) in [4.78, 5) is 5.26. The summed E-state index contributed by atoms with van der Waals surface area (Å²) in [5.74, 6) is 0.771. The third-order valence-electron chi connectivity index (χ3n) is 5.18. The minimum Gasteiger partial charge on any atom is -0.381 e. The van der Waals surface area contributed by atoms with E-state index in [0.29, 0.717) is 0 Å². The van der Waals surface area contributed by atoms with Gasteiger partial charge in [-0.2, -0.15) is 0 Å². The molecule has 122 valence electrons. The van der Waals surface area contributed by atoms with Crippen molar-refractivity contribution in [1.82, 2.24) is 9.80 Å². The van der Waals surface area contributed by atoms with Crippen molar-refractivity contribution in [3.63, 3.8) is 0 Å². The van der Waals surface area contributed by atoms with Crippen molar-refractivity contribution in [2.24, 2.45) is 5.92 Å². The summed E-state index contributed by atoms with van der Waals surface area (Å²) in [5.41, 5.74) is 1.67. The Labute approximate surface area is 135 Å². The molecule has 2 heterocycles. The molecule has 1 aromatic carbocycles. The highest BCUT2D eigenvalue weighted by molar-refractivity contribution is 5.23. The Hall–Kier alpha value is -0.900. The Bertz CT molecular complexity index is 446. The minimum absolute atomic E-state index is 0.225. The van der Waals surface area contributed by atoms with E-state index in [0.717, 1.165) is 25.7 Å². The van der Waals surface area contributed by atoms with Gasteiger partial charge in [0.15, 0.2) is 0 Å². The zero-order valence-electron chi connectivity index (χ0n) is 14.1. The van der Waals surface area contributed by atoms with Gasteiger partial charge in [0.05, 0.1) is 6.61 Å². The normalized spacial score (nSPS) is 24.7. The summed E-state index contributed by atoms with van der Waals surface area (Å²) in [6.07, 6.45) is 1.25. The second kappa shape index (κ2) is 7.12. The molecule has 2 aliphatic heterocycles. The van der Waals surface area contributed by atoms with Crippen LogP contribution in [0.3, 0.4) is 0 Å². The zero-order valence-corrected chi connectivity index (χ0v) is 14.1. The summed E-state index contributed by atoms with van der Waals surface area (Å²) in [6, 6.07) is 10.9. The van der Waals surface area contributed by atoms with E-state index in [1.54, 1.807) is 0 Å². The fraction of sp³-hybridized carbons (Fsp3) is 0.684. The van der Waals surface area contributed by atoms with Crippen LogP contribution in [0.25, 0.3) is 0 Å². The third kappa shape index (κ3) is 4.09. The molecule has 1 unspecified atom stereocenters. The van der Waals surface area contributed by atoms with Gasteiger partial charge in [0.25, 0.3) is 0 Å². The van der Waals surface area contributed by atoms with E-state index in [-0.39, 0.29) is 5.41 Å². The lowest BCUT2D eigenvalue weighted by Gasteiger charge is -2.39. The maximum Gasteiger partial charge on any atom is 0.0507 e. The molecule has 0 bridgehead atoms. The van der Waals surface area contributed by atoms with Crippen LogP contribution in [0.15, 0.2) is 30.3 Å². The summed E-state index contributed by atoms with van der Waals surface area (Å²) >= 11 is 0. The van der Waals surface area contributed by atoms with E-state index in [2.05, 4.69) is 54.0 Å². The van der Waals surface area contributed by atoms with Gasteiger partial charge in [-0.15, -0.1) is 0 Å². The van der Waals surface area contributed by atoms with Crippen LogP contribution >= 0.6 is 0 Å². The maximum atomic E-state index is 5.50. The molecule has 0 spiro atoms. The molecule has 2 saturated heterocycles. The predicted octanol–water partition coefficient (Wildman–Crippen LogP) is 2.62. The Morgan fingerprint density at radius 1 is 1.05 bits per heavy atom. The SMILES string of the molecule is CC(C)(CN1CCN(CC2CCOC2)CC1)c1ccccc1. The maximum absolute atomic E-state index is 5.50. The highest BCUT2D eigenvalue weighted by atomic mass is 16.5. The molecule has 0 aromatic heterocycles. The molecule has 0 amide bonds. The van der Waals surface area contributed by atoms with Crippen molar-refractivity contribution in [2.75, 3.05) is 52.5 Å². The molecular formula is C19H30N2O. The fourth-order valence-corrected chi connectivity index (χ4v) is 3.76.